The molecule has 1 aliphatic heterocycles. The number of phenols is 2. The Hall–Kier alpha value is -0.750. The summed E-state index contributed by atoms with van der Waals surface area (Å²) >= 11 is 0. The highest BCUT2D eigenvalue weighted by molar-refractivity contribution is 5.85. The standard InChI is InChI=1S/C12H17FN2O2.2ClH/c13-8-11(15-5-3-14-4-6-15)10-2-1-9(16)7-12(10)17;;/h1-2,7,11,14,16-17H,3-6,8H2;2*1H/t11-;;/m0../s1. The van der Waals surface area contributed by atoms with Gasteiger partial charge in [0.15, 0.2) is 0 Å². The molecule has 4 nitrogen and oxygen atoms in total. The zero-order chi connectivity index (χ0) is 12.3. The van der Waals surface area contributed by atoms with Gasteiger partial charge < -0.3 is 15.5 Å². The smallest absolute Gasteiger partial charge is 0.124 e. The number of hydrogen-bond donors (Lipinski definition) is 3. The van der Waals surface area contributed by atoms with Gasteiger partial charge in [-0.15, -0.1) is 24.8 Å². The van der Waals surface area contributed by atoms with Crippen LogP contribution in [-0.4, -0.2) is 48.0 Å². The molecule has 2 rings (SSSR count). The minimum Gasteiger partial charge on any atom is -0.508 e. The fraction of sp³-hybridized carbons (Fsp3) is 0.500. The highest BCUT2D eigenvalue weighted by Gasteiger charge is 2.24. The van der Waals surface area contributed by atoms with E-state index < -0.39 is 12.7 Å². The number of aromatic hydroxyl groups is 2. The van der Waals surface area contributed by atoms with E-state index in [1.54, 1.807) is 6.07 Å². The van der Waals surface area contributed by atoms with E-state index in [1.165, 1.54) is 12.1 Å². The topological polar surface area (TPSA) is 55.7 Å². The SMILES string of the molecule is Cl.Cl.Oc1ccc([C@H](CF)N2CCNCC2)c(O)c1. The first kappa shape index (κ1) is 18.2. The summed E-state index contributed by atoms with van der Waals surface area (Å²) in [6.45, 7) is 2.63. The van der Waals surface area contributed by atoms with Gasteiger partial charge in [0.1, 0.15) is 18.2 Å². The quantitative estimate of drug-likeness (QED) is 0.797. The number of hydrogen-bond acceptors (Lipinski definition) is 4. The van der Waals surface area contributed by atoms with Crippen LogP contribution in [0.4, 0.5) is 4.39 Å². The first-order valence-corrected chi connectivity index (χ1v) is 5.75. The Labute approximate surface area is 124 Å². The maximum absolute atomic E-state index is 13.2. The summed E-state index contributed by atoms with van der Waals surface area (Å²) in [5.41, 5.74) is 0.534. The Kier molecular flexibility index (Phi) is 8.09. The summed E-state index contributed by atoms with van der Waals surface area (Å²) in [7, 11) is 0. The molecule has 3 N–H and O–H groups in total. The van der Waals surface area contributed by atoms with Crippen LogP contribution >= 0.6 is 24.8 Å². The van der Waals surface area contributed by atoms with E-state index >= 15 is 0 Å². The third-order valence-corrected chi connectivity index (χ3v) is 3.11. The van der Waals surface area contributed by atoms with Crippen molar-refractivity contribution in [1.82, 2.24) is 10.2 Å². The van der Waals surface area contributed by atoms with Gasteiger partial charge in [0.05, 0.1) is 6.04 Å². The minimum atomic E-state index is -0.543. The van der Waals surface area contributed by atoms with E-state index in [1.807, 2.05) is 4.90 Å². The van der Waals surface area contributed by atoms with Crippen LogP contribution in [0.5, 0.6) is 11.5 Å². The lowest BCUT2D eigenvalue weighted by atomic mass is 10.0. The second-order valence-electron chi connectivity index (χ2n) is 4.20. The van der Waals surface area contributed by atoms with Crippen molar-refractivity contribution in [3.05, 3.63) is 23.8 Å². The number of phenolic OH excluding ortho intramolecular Hbond substituents is 2. The fourth-order valence-electron chi connectivity index (χ4n) is 2.19. The Bertz CT molecular complexity index is 390. The fourth-order valence-corrected chi connectivity index (χ4v) is 2.19. The van der Waals surface area contributed by atoms with Crippen LogP contribution in [0, 0.1) is 0 Å². The van der Waals surface area contributed by atoms with Gasteiger partial charge in [0.25, 0.3) is 0 Å². The molecule has 1 atom stereocenters. The van der Waals surface area contributed by atoms with Crippen LogP contribution in [0.25, 0.3) is 0 Å². The first-order chi connectivity index (χ1) is 8.22. The number of benzene rings is 1. The molecule has 0 saturated carbocycles. The molecule has 0 aliphatic carbocycles. The van der Waals surface area contributed by atoms with Crippen molar-refractivity contribution in [1.29, 1.82) is 0 Å². The second kappa shape index (κ2) is 8.43. The minimum absolute atomic E-state index is 0. The molecule has 1 heterocycles. The monoisotopic (exact) mass is 312 g/mol. The van der Waals surface area contributed by atoms with Crippen molar-refractivity contribution in [2.45, 2.75) is 6.04 Å². The Morgan fingerprint density at radius 1 is 1.21 bits per heavy atom. The molecular formula is C12H19Cl2FN2O2. The van der Waals surface area contributed by atoms with Gasteiger partial charge in [-0.2, -0.15) is 0 Å². The van der Waals surface area contributed by atoms with Gasteiger partial charge >= 0.3 is 0 Å². The van der Waals surface area contributed by atoms with Gasteiger partial charge in [-0.3, -0.25) is 4.90 Å². The maximum atomic E-state index is 13.2. The summed E-state index contributed by atoms with van der Waals surface area (Å²) in [5.74, 6) is -0.0599. The van der Waals surface area contributed by atoms with E-state index in [0.717, 1.165) is 26.2 Å². The van der Waals surface area contributed by atoms with Gasteiger partial charge in [0, 0.05) is 37.8 Å². The van der Waals surface area contributed by atoms with Crippen LogP contribution < -0.4 is 5.32 Å². The summed E-state index contributed by atoms with van der Waals surface area (Å²) in [4.78, 5) is 2.00. The highest BCUT2D eigenvalue weighted by atomic mass is 35.5. The summed E-state index contributed by atoms with van der Waals surface area (Å²) < 4.78 is 13.2. The molecule has 1 aromatic carbocycles. The molecule has 0 aromatic heterocycles. The number of nitrogens with zero attached hydrogens (tertiary/aromatic N) is 1. The van der Waals surface area contributed by atoms with Crippen LogP contribution in [0.2, 0.25) is 0 Å². The maximum Gasteiger partial charge on any atom is 0.124 e. The van der Waals surface area contributed by atoms with Crippen LogP contribution in [0.1, 0.15) is 11.6 Å². The molecule has 0 unspecified atom stereocenters. The molecule has 19 heavy (non-hydrogen) atoms. The van der Waals surface area contributed by atoms with Crippen LogP contribution in [0.15, 0.2) is 18.2 Å². The van der Waals surface area contributed by atoms with Gasteiger partial charge in [-0.25, -0.2) is 4.39 Å². The molecule has 1 aromatic rings. The summed E-state index contributed by atoms with van der Waals surface area (Å²) in [6.07, 6.45) is 0. The molecule has 0 amide bonds. The van der Waals surface area contributed by atoms with Crippen molar-refractivity contribution >= 4 is 24.8 Å². The normalized spacial score (nSPS) is 17.1. The Morgan fingerprint density at radius 3 is 2.37 bits per heavy atom. The van der Waals surface area contributed by atoms with Crippen molar-refractivity contribution in [3.8, 4) is 11.5 Å². The van der Waals surface area contributed by atoms with Crippen LogP contribution in [-0.2, 0) is 0 Å². The van der Waals surface area contributed by atoms with Gasteiger partial charge in [0.2, 0.25) is 0 Å². The van der Waals surface area contributed by atoms with E-state index in [-0.39, 0.29) is 36.3 Å². The molecule has 1 fully saturated rings. The molecule has 0 bridgehead atoms. The Balaban J connectivity index is 0.00000162. The van der Waals surface area contributed by atoms with Gasteiger partial charge in [-0.1, -0.05) is 0 Å². The third-order valence-electron chi connectivity index (χ3n) is 3.11. The predicted octanol–water partition coefficient (Wildman–Crippen LogP) is 1.86. The Morgan fingerprint density at radius 2 is 1.84 bits per heavy atom. The molecule has 7 heteroatoms. The molecule has 0 radical (unpaired) electrons. The lowest BCUT2D eigenvalue weighted by Crippen LogP contribution is -2.45. The van der Waals surface area contributed by atoms with E-state index in [4.69, 9.17) is 0 Å². The lowest BCUT2D eigenvalue weighted by Gasteiger charge is -2.33. The number of halogens is 3. The highest BCUT2D eigenvalue weighted by Crippen LogP contribution is 2.31. The van der Waals surface area contributed by atoms with Crippen LogP contribution in [0.3, 0.4) is 0 Å². The molecule has 110 valence electrons. The number of rotatable bonds is 3. The zero-order valence-corrected chi connectivity index (χ0v) is 12.0. The average molecular weight is 313 g/mol. The van der Waals surface area contributed by atoms with Crippen molar-refractivity contribution < 1.29 is 14.6 Å². The van der Waals surface area contributed by atoms with Crippen molar-refractivity contribution in [3.63, 3.8) is 0 Å². The van der Waals surface area contributed by atoms with E-state index in [0.29, 0.717) is 5.56 Å². The molecule has 1 aliphatic rings. The second-order valence-corrected chi connectivity index (χ2v) is 4.20. The molecule has 1 saturated heterocycles. The first-order valence-electron chi connectivity index (χ1n) is 5.75. The average Bonchev–Trinajstić information content (AvgIpc) is 2.34. The van der Waals surface area contributed by atoms with Crippen molar-refractivity contribution in [2.75, 3.05) is 32.9 Å². The van der Waals surface area contributed by atoms with Gasteiger partial charge in [-0.05, 0) is 12.1 Å². The predicted molar refractivity (Wildman–Crippen MR) is 77.4 cm³/mol. The summed E-state index contributed by atoms with van der Waals surface area (Å²) in [6, 6.07) is 3.87. The van der Waals surface area contributed by atoms with Crippen molar-refractivity contribution in [2.24, 2.45) is 0 Å². The van der Waals surface area contributed by atoms with E-state index in [9.17, 15) is 14.6 Å². The largest absolute Gasteiger partial charge is 0.508 e. The molecular weight excluding hydrogens is 294 g/mol. The third kappa shape index (κ3) is 4.38. The lowest BCUT2D eigenvalue weighted by molar-refractivity contribution is 0.145. The number of piperazine rings is 1. The zero-order valence-electron chi connectivity index (χ0n) is 10.4. The molecule has 0 spiro atoms. The summed E-state index contributed by atoms with van der Waals surface area (Å²) in [5, 5.41) is 22.2. The number of alkyl halides is 1. The van der Waals surface area contributed by atoms with E-state index in [2.05, 4.69) is 5.32 Å². The number of nitrogens with one attached hydrogen (secondary N) is 1.